The first-order valence-electron chi connectivity index (χ1n) is 9.86. The zero-order valence-electron chi connectivity index (χ0n) is 17.6. The number of thioether (sulfide) groups is 1. The number of amides is 2. The van der Waals surface area contributed by atoms with E-state index in [0.29, 0.717) is 40.1 Å². The Bertz CT molecular complexity index is 851. The third-order valence-electron chi connectivity index (χ3n) is 5.21. The Morgan fingerprint density at radius 3 is 2.53 bits per heavy atom. The van der Waals surface area contributed by atoms with Gasteiger partial charge in [-0.25, -0.2) is 0 Å². The molecule has 0 N–H and O–H groups in total. The second-order valence-electron chi connectivity index (χ2n) is 7.24. The van der Waals surface area contributed by atoms with Crippen molar-refractivity contribution in [2.75, 3.05) is 54.0 Å². The minimum atomic E-state index is -0.119. The average Bonchev–Trinajstić information content (AvgIpc) is 3.01. The van der Waals surface area contributed by atoms with E-state index >= 15 is 0 Å². The molecule has 0 bridgehead atoms. The Morgan fingerprint density at radius 1 is 1.17 bits per heavy atom. The van der Waals surface area contributed by atoms with Crippen LogP contribution in [-0.2, 0) is 9.59 Å². The summed E-state index contributed by atoms with van der Waals surface area (Å²) < 4.78 is 11.1. The molecule has 2 heterocycles. The SMILES string of the molecule is COc1ccc(/C=C2/SC(=S)N(CCCC(=O)N3CCN(C)CC3)C2=O)cc1OC. The Balaban J connectivity index is 1.57. The van der Waals surface area contributed by atoms with Gasteiger partial charge in [-0.15, -0.1) is 0 Å². The van der Waals surface area contributed by atoms with Crippen LogP contribution in [0.1, 0.15) is 18.4 Å². The predicted molar refractivity (Wildman–Crippen MR) is 123 cm³/mol. The number of rotatable bonds is 7. The number of carbonyl (C=O) groups is 2. The molecule has 0 saturated carbocycles. The van der Waals surface area contributed by atoms with Crippen LogP contribution in [0.25, 0.3) is 6.08 Å². The lowest BCUT2D eigenvalue weighted by Gasteiger charge is -2.32. The molecule has 2 amide bonds. The minimum absolute atomic E-state index is 0.119. The highest BCUT2D eigenvalue weighted by Gasteiger charge is 2.32. The molecule has 2 saturated heterocycles. The van der Waals surface area contributed by atoms with Crippen LogP contribution in [0.2, 0.25) is 0 Å². The van der Waals surface area contributed by atoms with Gasteiger partial charge in [-0.1, -0.05) is 30.0 Å². The Morgan fingerprint density at radius 2 is 1.87 bits per heavy atom. The molecule has 30 heavy (non-hydrogen) atoms. The van der Waals surface area contributed by atoms with Crippen LogP contribution in [0.15, 0.2) is 23.1 Å². The first-order valence-corrected chi connectivity index (χ1v) is 11.1. The highest BCUT2D eigenvalue weighted by atomic mass is 32.2. The average molecular weight is 450 g/mol. The van der Waals surface area contributed by atoms with E-state index in [4.69, 9.17) is 21.7 Å². The number of hydrogen-bond donors (Lipinski definition) is 0. The third kappa shape index (κ3) is 5.33. The number of benzene rings is 1. The zero-order chi connectivity index (χ0) is 21.7. The fourth-order valence-electron chi connectivity index (χ4n) is 3.39. The predicted octanol–water partition coefficient (Wildman–Crippen LogP) is 2.46. The molecule has 9 heteroatoms. The maximum absolute atomic E-state index is 12.8. The summed E-state index contributed by atoms with van der Waals surface area (Å²) in [5.74, 6) is 1.26. The van der Waals surface area contributed by atoms with Gasteiger partial charge in [-0.05, 0) is 37.2 Å². The van der Waals surface area contributed by atoms with Crippen molar-refractivity contribution in [3.63, 3.8) is 0 Å². The molecule has 2 fully saturated rings. The summed E-state index contributed by atoms with van der Waals surface area (Å²) in [7, 11) is 5.22. The van der Waals surface area contributed by atoms with Gasteiger partial charge in [0.05, 0.1) is 19.1 Å². The van der Waals surface area contributed by atoms with Crippen LogP contribution in [0.3, 0.4) is 0 Å². The van der Waals surface area contributed by atoms with E-state index in [2.05, 4.69) is 11.9 Å². The molecule has 0 atom stereocenters. The third-order valence-corrected chi connectivity index (χ3v) is 6.59. The zero-order valence-corrected chi connectivity index (χ0v) is 19.2. The van der Waals surface area contributed by atoms with Crippen LogP contribution in [0.4, 0.5) is 0 Å². The van der Waals surface area contributed by atoms with Gasteiger partial charge >= 0.3 is 0 Å². The largest absolute Gasteiger partial charge is 0.493 e. The van der Waals surface area contributed by atoms with Crippen LogP contribution < -0.4 is 9.47 Å². The summed E-state index contributed by atoms with van der Waals surface area (Å²) in [5, 5.41) is 0. The normalized spacial score (nSPS) is 19.0. The number of hydrogen-bond acceptors (Lipinski definition) is 7. The van der Waals surface area contributed by atoms with Crippen molar-refractivity contribution in [1.29, 1.82) is 0 Å². The Hall–Kier alpha value is -2.10. The van der Waals surface area contributed by atoms with E-state index in [1.165, 1.54) is 11.8 Å². The summed E-state index contributed by atoms with van der Waals surface area (Å²) in [6, 6.07) is 5.48. The summed E-state index contributed by atoms with van der Waals surface area (Å²) in [5.41, 5.74) is 0.832. The number of piperazine rings is 1. The number of thiocarbonyl (C=S) groups is 1. The molecule has 2 aliphatic heterocycles. The van der Waals surface area contributed by atoms with Crippen molar-refractivity contribution in [2.24, 2.45) is 0 Å². The number of carbonyl (C=O) groups excluding carboxylic acids is 2. The molecule has 0 aromatic heterocycles. The van der Waals surface area contributed by atoms with Crippen LogP contribution >= 0.6 is 24.0 Å². The minimum Gasteiger partial charge on any atom is -0.493 e. The molecule has 0 aliphatic carbocycles. The van der Waals surface area contributed by atoms with E-state index in [-0.39, 0.29) is 11.8 Å². The molecule has 1 aromatic rings. The van der Waals surface area contributed by atoms with E-state index in [0.717, 1.165) is 31.7 Å². The molecule has 0 radical (unpaired) electrons. The highest BCUT2D eigenvalue weighted by Crippen LogP contribution is 2.34. The first kappa shape index (κ1) is 22.6. The summed E-state index contributed by atoms with van der Waals surface area (Å²) in [6.45, 7) is 3.80. The van der Waals surface area contributed by atoms with E-state index in [1.807, 2.05) is 17.0 Å². The second-order valence-corrected chi connectivity index (χ2v) is 8.91. The summed E-state index contributed by atoms with van der Waals surface area (Å²) in [6.07, 6.45) is 2.83. The molecule has 162 valence electrons. The highest BCUT2D eigenvalue weighted by molar-refractivity contribution is 8.26. The molecule has 2 aliphatic rings. The van der Waals surface area contributed by atoms with E-state index < -0.39 is 0 Å². The summed E-state index contributed by atoms with van der Waals surface area (Å²) in [4.78, 5) is 31.5. The van der Waals surface area contributed by atoms with Crippen molar-refractivity contribution in [1.82, 2.24) is 14.7 Å². The lowest BCUT2D eigenvalue weighted by Crippen LogP contribution is -2.47. The van der Waals surface area contributed by atoms with Gasteiger partial charge in [-0.3, -0.25) is 14.5 Å². The first-order chi connectivity index (χ1) is 14.4. The molecule has 0 unspecified atom stereocenters. The van der Waals surface area contributed by atoms with Crippen LogP contribution in [0.5, 0.6) is 11.5 Å². The van der Waals surface area contributed by atoms with Crippen molar-refractivity contribution in [3.8, 4) is 11.5 Å². The van der Waals surface area contributed by atoms with Gasteiger partial charge in [-0.2, -0.15) is 0 Å². The van der Waals surface area contributed by atoms with E-state index in [1.54, 1.807) is 31.3 Å². The monoisotopic (exact) mass is 449 g/mol. The maximum Gasteiger partial charge on any atom is 0.266 e. The van der Waals surface area contributed by atoms with Gasteiger partial charge in [0.2, 0.25) is 5.91 Å². The Labute approximate surface area is 187 Å². The number of ether oxygens (including phenoxy) is 2. The van der Waals surface area contributed by atoms with Gasteiger partial charge in [0.1, 0.15) is 4.32 Å². The molecule has 3 rings (SSSR count). The molecular weight excluding hydrogens is 422 g/mol. The number of nitrogens with zero attached hydrogens (tertiary/aromatic N) is 3. The molecule has 0 spiro atoms. The van der Waals surface area contributed by atoms with Gasteiger partial charge in [0, 0.05) is 39.1 Å². The van der Waals surface area contributed by atoms with Gasteiger partial charge in [0.15, 0.2) is 11.5 Å². The standard InChI is InChI=1S/C21H27N3O4S2/c1-22-9-11-23(12-10-22)19(25)5-4-8-24-20(26)18(30-21(24)29)14-15-6-7-16(27-2)17(13-15)28-3/h6-7,13-14H,4-5,8-12H2,1-3H3/b18-14+. The lowest BCUT2D eigenvalue weighted by atomic mass is 10.2. The fourth-order valence-corrected chi connectivity index (χ4v) is 4.70. The Kier molecular flexibility index (Phi) is 7.74. The van der Waals surface area contributed by atoms with Crippen molar-refractivity contribution in [3.05, 3.63) is 28.7 Å². The van der Waals surface area contributed by atoms with Crippen LogP contribution in [-0.4, -0.2) is 84.8 Å². The van der Waals surface area contributed by atoms with Crippen molar-refractivity contribution >= 4 is 46.2 Å². The summed E-state index contributed by atoms with van der Waals surface area (Å²) >= 11 is 6.68. The maximum atomic E-state index is 12.8. The number of methoxy groups -OCH3 is 2. The molecular formula is C21H27N3O4S2. The smallest absolute Gasteiger partial charge is 0.266 e. The van der Waals surface area contributed by atoms with Gasteiger partial charge < -0.3 is 19.3 Å². The topological polar surface area (TPSA) is 62.3 Å². The van der Waals surface area contributed by atoms with Crippen molar-refractivity contribution in [2.45, 2.75) is 12.8 Å². The van der Waals surface area contributed by atoms with Crippen LogP contribution in [0, 0.1) is 0 Å². The quantitative estimate of drug-likeness (QED) is 0.468. The van der Waals surface area contributed by atoms with Gasteiger partial charge in [0.25, 0.3) is 5.91 Å². The second kappa shape index (κ2) is 10.3. The van der Waals surface area contributed by atoms with Crippen molar-refractivity contribution < 1.29 is 19.1 Å². The molecule has 7 nitrogen and oxygen atoms in total. The molecule has 1 aromatic carbocycles. The van der Waals surface area contributed by atoms with E-state index in [9.17, 15) is 9.59 Å². The fraction of sp³-hybridized carbons (Fsp3) is 0.476. The number of likely N-dealkylation sites (N-methyl/N-ethyl adjacent to an activating group) is 1. The lowest BCUT2D eigenvalue weighted by molar-refractivity contribution is -0.133.